The first-order chi connectivity index (χ1) is 6.87. The van der Waals surface area contributed by atoms with Gasteiger partial charge in [0.1, 0.15) is 0 Å². The number of thioether (sulfide) groups is 1. The number of rotatable bonds is 2. The van der Waals surface area contributed by atoms with Gasteiger partial charge in [-0.2, -0.15) is 11.8 Å². The van der Waals surface area contributed by atoms with E-state index in [1.165, 1.54) is 24.2 Å². The highest BCUT2D eigenvalue weighted by Gasteiger charge is 2.32. The van der Waals surface area contributed by atoms with Gasteiger partial charge in [-0.15, -0.1) is 0 Å². The number of hydrogen-bond donors (Lipinski definition) is 1. The van der Waals surface area contributed by atoms with Gasteiger partial charge in [0, 0.05) is 30.1 Å². The number of hydrogen-bond acceptors (Lipinski definition) is 3. The topological polar surface area (TPSA) is 38.9 Å². The molecule has 1 aliphatic heterocycles. The van der Waals surface area contributed by atoms with Gasteiger partial charge in [0.15, 0.2) is 0 Å². The monoisotopic (exact) mass is 208 g/mol. The quantitative estimate of drug-likeness (QED) is 0.805. The molecule has 0 saturated carbocycles. The van der Waals surface area contributed by atoms with Crippen LogP contribution in [0.15, 0.2) is 24.5 Å². The smallest absolute Gasteiger partial charge is 0.0270 e. The largest absolute Gasteiger partial charge is 0.330 e. The van der Waals surface area contributed by atoms with Crippen molar-refractivity contribution in [2.45, 2.75) is 18.3 Å². The third kappa shape index (κ3) is 1.79. The van der Waals surface area contributed by atoms with Gasteiger partial charge in [0.25, 0.3) is 0 Å². The summed E-state index contributed by atoms with van der Waals surface area (Å²) in [6, 6.07) is 4.22. The molecule has 76 valence electrons. The Morgan fingerprint density at radius 2 is 2.21 bits per heavy atom. The van der Waals surface area contributed by atoms with Gasteiger partial charge in [0.2, 0.25) is 0 Å². The number of nitrogens with zero attached hydrogens (tertiary/aromatic N) is 1. The van der Waals surface area contributed by atoms with Crippen LogP contribution in [0.2, 0.25) is 0 Å². The molecule has 0 aliphatic carbocycles. The van der Waals surface area contributed by atoms with E-state index in [-0.39, 0.29) is 5.41 Å². The van der Waals surface area contributed by atoms with Crippen LogP contribution >= 0.6 is 11.8 Å². The van der Waals surface area contributed by atoms with Crippen LogP contribution in [0, 0.1) is 0 Å². The fraction of sp³-hybridized carbons (Fsp3) is 0.545. The molecule has 3 heteroatoms. The lowest BCUT2D eigenvalue weighted by Gasteiger charge is -2.36. The van der Waals surface area contributed by atoms with Crippen LogP contribution in [0.3, 0.4) is 0 Å². The van der Waals surface area contributed by atoms with Crippen molar-refractivity contribution in [3.63, 3.8) is 0 Å². The van der Waals surface area contributed by atoms with Crippen molar-refractivity contribution in [3.8, 4) is 0 Å². The summed E-state index contributed by atoms with van der Waals surface area (Å²) in [4.78, 5) is 4.06. The van der Waals surface area contributed by atoms with Crippen molar-refractivity contribution in [1.82, 2.24) is 4.98 Å². The molecule has 0 amide bonds. The summed E-state index contributed by atoms with van der Waals surface area (Å²) in [6.45, 7) is 0.754. The second kappa shape index (κ2) is 4.32. The van der Waals surface area contributed by atoms with Gasteiger partial charge in [-0.05, 0) is 36.3 Å². The van der Waals surface area contributed by atoms with Gasteiger partial charge < -0.3 is 5.73 Å². The zero-order valence-corrected chi connectivity index (χ0v) is 9.09. The molecule has 1 aromatic heterocycles. The van der Waals surface area contributed by atoms with Gasteiger partial charge in [-0.1, -0.05) is 0 Å². The minimum Gasteiger partial charge on any atom is -0.330 e. The third-order valence-electron chi connectivity index (χ3n) is 3.01. The molecule has 0 bridgehead atoms. The normalized spacial score (nSPS) is 27.5. The molecule has 0 aromatic carbocycles. The lowest BCUT2D eigenvalue weighted by atomic mass is 9.78. The fourth-order valence-corrected chi connectivity index (χ4v) is 3.38. The van der Waals surface area contributed by atoms with E-state index in [2.05, 4.69) is 17.1 Å². The third-order valence-corrected chi connectivity index (χ3v) is 4.34. The van der Waals surface area contributed by atoms with E-state index in [1.807, 2.05) is 24.2 Å². The average molecular weight is 208 g/mol. The highest BCUT2D eigenvalue weighted by Crippen LogP contribution is 2.36. The van der Waals surface area contributed by atoms with Crippen LogP contribution in [0.25, 0.3) is 0 Å². The Morgan fingerprint density at radius 1 is 1.43 bits per heavy atom. The predicted molar refractivity (Wildman–Crippen MR) is 61.5 cm³/mol. The van der Waals surface area contributed by atoms with E-state index in [0.29, 0.717) is 0 Å². The standard InChI is InChI=1S/C11H16N2S/c12-8-11(4-1-7-14-9-11)10-2-5-13-6-3-10/h2-3,5-6H,1,4,7-9,12H2. The van der Waals surface area contributed by atoms with Gasteiger partial charge >= 0.3 is 0 Å². The molecule has 1 aromatic rings. The van der Waals surface area contributed by atoms with Crippen LogP contribution in [0.4, 0.5) is 0 Å². The Bertz CT molecular complexity index is 281. The molecule has 2 heterocycles. The second-order valence-electron chi connectivity index (χ2n) is 3.88. The molecule has 1 unspecified atom stereocenters. The van der Waals surface area contributed by atoms with E-state index in [9.17, 15) is 0 Å². The zero-order chi connectivity index (χ0) is 9.86. The van der Waals surface area contributed by atoms with Crippen molar-refractivity contribution >= 4 is 11.8 Å². The van der Waals surface area contributed by atoms with E-state index in [4.69, 9.17) is 5.73 Å². The van der Waals surface area contributed by atoms with Crippen LogP contribution in [0.1, 0.15) is 18.4 Å². The van der Waals surface area contributed by atoms with E-state index >= 15 is 0 Å². The summed E-state index contributed by atoms with van der Waals surface area (Å²) >= 11 is 2.02. The van der Waals surface area contributed by atoms with Crippen molar-refractivity contribution in [1.29, 1.82) is 0 Å². The van der Waals surface area contributed by atoms with Crippen molar-refractivity contribution < 1.29 is 0 Å². The molecule has 2 rings (SSSR count). The maximum absolute atomic E-state index is 5.94. The maximum Gasteiger partial charge on any atom is 0.0270 e. The molecular weight excluding hydrogens is 192 g/mol. The summed E-state index contributed by atoms with van der Waals surface area (Å²) in [6.07, 6.45) is 6.24. The second-order valence-corrected chi connectivity index (χ2v) is 4.98. The summed E-state index contributed by atoms with van der Waals surface area (Å²) in [5.41, 5.74) is 7.51. The maximum atomic E-state index is 5.94. The van der Waals surface area contributed by atoms with Gasteiger partial charge in [0.05, 0.1) is 0 Å². The molecule has 2 N–H and O–H groups in total. The first-order valence-electron chi connectivity index (χ1n) is 5.06. The number of nitrogens with two attached hydrogens (primary N) is 1. The van der Waals surface area contributed by atoms with Crippen molar-refractivity contribution in [3.05, 3.63) is 30.1 Å². The Balaban J connectivity index is 2.27. The molecule has 0 spiro atoms. The van der Waals surface area contributed by atoms with E-state index < -0.39 is 0 Å². The zero-order valence-electron chi connectivity index (χ0n) is 8.28. The fourth-order valence-electron chi connectivity index (χ4n) is 2.06. The number of pyridine rings is 1. The Labute approximate surface area is 89.3 Å². The highest BCUT2D eigenvalue weighted by molar-refractivity contribution is 7.99. The van der Waals surface area contributed by atoms with E-state index in [1.54, 1.807) is 0 Å². The van der Waals surface area contributed by atoms with Gasteiger partial charge in [-0.25, -0.2) is 0 Å². The molecule has 1 saturated heterocycles. The molecule has 1 aliphatic rings. The molecule has 14 heavy (non-hydrogen) atoms. The van der Waals surface area contributed by atoms with Crippen molar-refractivity contribution in [2.75, 3.05) is 18.1 Å². The Kier molecular flexibility index (Phi) is 3.08. The molecule has 2 nitrogen and oxygen atoms in total. The van der Waals surface area contributed by atoms with Gasteiger partial charge in [-0.3, -0.25) is 4.98 Å². The first-order valence-corrected chi connectivity index (χ1v) is 6.21. The van der Waals surface area contributed by atoms with Crippen molar-refractivity contribution in [2.24, 2.45) is 5.73 Å². The minimum atomic E-state index is 0.214. The molecular formula is C11H16N2S. The molecule has 1 atom stereocenters. The summed E-state index contributed by atoms with van der Waals surface area (Å²) < 4.78 is 0. The Morgan fingerprint density at radius 3 is 2.79 bits per heavy atom. The summed E-state index contributed by atoms with van der Waals surface area (Å²) in [5, 5.41) is 0. The highest BCUT2D eigenvalue weighted by atomic mass is 32.2. The lowest BCUT2D eigenvalue weighted by Crippen LogP contribution is -2.39. The summed E-state index contributed by atoms with van der Waals surface area (Å²) in [7, 11) is 0. The molecule has 1 fully saturated rings. The minimum absolute atomic E-state index is 0.214. The SMILES string of the molecule is NCC1(c2ccncc2)CCCSC1. The van der Waals surface area contributed by atoms with Crippen LogP contribution in [-0.2, 0) is 5.41 Å². The van der Waals surface area contributed by atoms with Crippen LogP contribution < -0.4 is 5.73 Å². The predicted octanol–water partition coefficient (Wildman–Crippen LogP) is 1.81. The average Bonchev–Trinajstić information content (AvgIpc) is 2.31. The number of aromatic nitrogens is 1. The summed E-state index contributed by atoms with van der Waals surface area (Å²) in [5.74, 6) is 2.44. The first kappa shape index (κ1) is 9.99. The Hall–Kier alpha value is -0.540. The van der Waals surface area contributed by atoms with Crippen LogP contribution in [0.5, 0.6) is 0 Å². The molecule has 0 radical (unpaired) electrons. The van der Waals surface area contributed by atoms with Crippen LogP contribution in [-0.4, -0.2) is 23.0 Å². The van der Waals surface area contributed by atoms with E-state index in [0.717, 1.165) is 12.3 Å². The lowest BCUT2D eigenvalue weighted by molar-refractivity contribution is 0.439.